The summed E-state index contributed by atoms with van der Waals surface area (Å²) in [6.07, 6.45) is 0. The molecule has 1 N–H and O–H groups in total. The molecule has 0 spiro atoms. The summed E-state index contributed by atoms with van der Waals surface area (Å²) < 4.78 is 6.03. The Morgan fingerprint density at radius 2 is 1.89 bits per heavy atom. The van der Waals surface area contributed by atoms with E-state index in [2.05, 4.69) is 5.32 Å². The molecule has 0 radical (unpaired) electrons. The van der Waals surface area contributed by atoms with E-state index in [1.54, 1.807) is 12.1 Å². The first-order chi connectivity index (χ1) is 13.5. The number of hydrogen-bond acceptors (Lipinski definition) is 3. The molecule has 3 aromatic rings. The average molecular weight is 395 g/mol. The zero-order valence-electron chi connectivity index (χ0n) is 15.4. The fourth-order valence-electron chi connectivity index (χ4n) is 3.34. The minimum atomic E-state index is -0.294. The molecular formula is C22H19ClN2O3. The van der Waals surface area contributed by atoms with E-state index >= 15 is 0 Å². The topological polar surface area (TPSA) is 62.6 Å². The number of amides is 2. The molecule has 2 aromatic carbocycles. The van der Waals surface area contributed by atoms with Crippen molar-refractivity contribution in [3.05, 3.63) is 70.9 Å². The molecule has 0 atom stereocenters. The van der Waals surface area contributed by atoms with Crippen molar-refractivity contribution in [2.75, 3.05) is 19.6 Å². The molecule has 4 rings (SSSR count). The summed E-state index contributed by atoms with van der Waals surface area (Å²) >= 11 is 6.18. The number of furan rings is 1. The molecule has 5 nitrogen and oxygen atoms in total. The van der Waals surface area contributed by atoms with Gasteiger partial charge in [-0.15, -0.1) is 0 Å². The summed E-state index contributed by atoms with van der Waals surface area (Å²) in [7, 11) is 0. The van der Waals surface area contributed by atoms with E-state index in [9.17, 15) is 9.59 Å². The molecule has 0 unspecified atom stereocenters. The molecule has 0 aliphatic carbocycles. The van der Waals surface area contributed by atoms with Crippen LogP contribution < -0.4 is 5.32 Å². The molecule has 1 fully saturated rings. The SMILES string of the molecule is Cc1cccc(-c2oc(C(=O)N3CCNC(=O)C3)cc2-c2cccc(Cl)c2)c1. The Kier molecular flexibility index (Phi) is 4.92. The predicted molar refractivity (Wildman–Crippen MR) is 108 cm³/mol. The van der Waals surface area contributed by atoms with Crippen LogP contribution in [0.25, 0.3) is 22.5 Å². The molecule has 0 saturated carbocycles. The molecule has 2 heterocycles. The zero-order chi connectivity index (χ0) is 19.7. The second-order valence-corrected chi connectivity index (χ2v) is 7.25. The molecule has 2 amide bonds. The number of nitrogens with zero attached hydrogens (tertiary/aromatic N) is 1. The van der Waals surface area contributed by atoms with Crippen molar-refractivity contribution in [1.29, 1.82) is 0 Å². The van der Waals surface area contributed by atoms with Crippen molar-refractivity contribution >= 4 is 23.4 Å². The summed E-state index contributed by atoms with van der Waals surface area (Å²) in [6, 6.07) is 17.1. The maximum atomic E-state index is 12.9. The number of halogens is 1. The van der Waals surface area contributed by atoms with Crippen LogP contribution in [0, 0.1) is 6.92 Å². The van der Waals surface area contributed by atoms with Crippen molar-refractivity contribution in [3.8, 4) is 22.5 Å². The smallest absolute Gasteiger partial charge is 0.290 e. The normalized spacial score (nSPS) is 14.1. The van der Waals surface area contributed by atoms with Crippen LogP contribution in [-0.2, 0) is 4.79 Å². The lowest BCUT2D eigenvalue weighted by Gasteiger charge is -2.25. The lowest BCUT2D eigenvalue weighted by molar-refractivity contribution is -0.123. The zero-order valence-corrected chi connectivity index (χ0v) is 16.1. The summed E-state index contributed by atoms with van der Waals surface area (Å²) in [5.74, 6) is 0.356. The van der Waals surface area contributed by atoms with Crippen LogP contribution in [0.1, 0.15) is 16.1 Å². The number of carbonyl (C=O) groups is 2. The highest BCUT2D eigenvalue weighted by molar-refractivity contribution is 6.30. The van der Waals surface area contributed by atoms with Gasteiger partial charge in [-0.2, -0.15) is 0 Å². The number of rotatable bonds is 3. The third-order valence-electron chi connectivity index (χ3n) is 4.68. The first-order valence-electron chi connectivity index (χ1n) is 9.04. The fourth-order valence-corrected chi connectivity index (χ4v) is 3.53. The lowest BCUT2D eigenvalue weighted by atomic mass is 10.0. The Labute approximate surface area is 167 Å². The Bertz CT molecular complexity index is 994. The Morgan fingerprint density at radius 1 is 1.11 bits per heavy atom. The minimum absolute atomic E-state index is 0.0335. The molecule has 1 saturated heterocycles. The van der Waals surface area contributed by atoms with Crippen LogP contribution in [0.4, 0.5) is 0 Å². The van der Waals surface area contributed by atoms with Crippen LogP contribution in [0.3, 0.4) is 0 Å². The maximum Gasteiger partial charge on any atom is 0.290 e. The van der Waals surface area contributed by atoms with Crippen LogP contribution >= 0.6 is 11.6 Å². The van der Waals surface area contributed by atoms with Crippen LogP contribution in [-0.4, -0.2) is 36.3 Å². The van der Waals surface area contributed by atoms with Gasteiger partial charge in [0.2, 0.25) is 5.91 Å². The van der Waals surface area contributed by atoms with Gasteiger partial charge in [0.25, 0.3) is 5.91 Å². The van der Waals surface area contributed by atoms with E-state index < -0.39 is 0 Å². The van der Waals surface area contributed by atoms with Gasteiger partial charge in [0.15, 0.2) is 5.76 Å². The van der Waals surface area contributed by atoms with Crippen molar-refractivity contribution in [2.45, 2.75) is 6.92 Å². The number of piperazine rings is 1. The highest BCUT2D eigenvalue weighted by Gasteiger charge is 2.27. The lowest BCUT2D eigenvalue weighted by Crippen LogP contribution is -2.49. The van der Waals surface area contributed by atoms with Gasteiger partial charge in [-0.3, -0.25) is 9.59 Å². The number of nitrogens with one attached hydrogen (secondary N) is 1. The molecule has 28 heavy (non-hydrogen) atoms. The Balaban J connectivity index is 1.80. The third-order valence-corrected chi connectivity index (χ3v) is 4.92. The van der Waals surface area contributed by atoms with Gasteiger partial charge < -0.3 is 14.6 Å². The fraction of sp³-hybridized carbons (Fsp3) is 0.182. The first kappa shape index (κ1) is 18.3. The highest BCUT2D eigenvalue weighted by Crippen LogP contribution is 2.36. The largest absolute Gasteiger partial charge is 0.450 e. The van der Waals surface area contributed by atoms with Gasteiger partial charge in [-0.05, 0) is 36.8 Å². The third kappa shape index (κ3) is 3.66. The van der Waals surface area contributed by atoms with Crippen LogP contribution in [0.5, 0.6) is 0 Å². The number of hydrogen-bond donors (Lipinski definition) is 1. The van der Waals surface area contributed by atoms with E-state index in [1.165, 1.54) is 4.90 Å². The molecule has 1 aliphatic rings. The van der Waals surface area contributed by atoms with E-state index in [0.29, 0.717) is 23.9 Å². The number of carbonyl (C=O) groups excluding carboxylic acids is 2. The van der Waals surface area contributed by atoms with Gasteiger partial charge in [0, 0.05) is 29.2 Å². The number of benzene rings is 2. The van der Waals surface area contributed by atoms with Gasteiger partial charge >= 0.3 is 0 Å². The molecule has 1 aliphatic heterocycles. The van der Waals surface area contributed by atoms with E-state index in [0.717, 1.165) is 22.3 Å². The van der Waals surface area contributed by atoms with E-state index in [4.69, 9.17) is 16.0 Å². The van der Waals surface area contributed by atoms with Crippen molar-refractivity contribution in [1.82, 2.24) is 10.2 Å². The van der Waals surface area contributed by atoms with E-state index in [1.807, 2.05) is 49.4 Å². The van der Waals surface area contributed by atoms with Gasteiger partial charge in [-0.25, -0.2) is 0 Å². The van der Waals surface area contributed by atoms with Gasteiger partial charge in [-0.1, -0.05) is 47.5 Å². The van der Waals surface area contributed by atoms with Crippen molar-refractivity contribution in [2.24, 2.45) is 0 Å². The molecule has 0 bridgehead atoms. The molecule has 142 valence electrons. The van der Waals surface area contributed by atoms with Crippen LogP contribution in [0.15, 0.2) is 59.0 Å². The van der Waals surface area contributed by atoms with Crippen molar-refractivity contribution in [3.63, 3.8) is 0 Å². The molecular weight excluding hydrogens is 376 g/mol. The quantitative estimate of drug-likeness (QED) is 0.726. The van der Waals surface area contributed by atoms with E-state index in [-0.39, 0.29) is 24.1 Å². The monoisotopic (exact) mass is 394 g/mol. The minimum Gasteiger partial charge on any atom is -0.450 e. The van der Waals surface area contributed by atoms with Gasteiger partial charge in [0.1, 0.15) is 12.3 Å². The summed E-state index contributed by atoms with van der Waals surface area (Å²) in [6.45, 7) is 2.93. The second-order valence-electron chi connectivity index (χ2n) is 6.81. The summed E-state index contributed by atoms with van der Waals surface area (Å²) in [5.41, 5.74) is 3.62. The standard InChI is InChI=1S/C22H19ClN2O3/c1-14-4-2-6-16(10-14)21-18(15-5-3-7-17(23)11-15)12-19(28-21)22(27)25-9-8-24-20(26)13-25/h2-7,10-12H,8-9,13H2,1H3,(H,24,26). The summed E-state index contributed by atoms with van der Waals surface area (Å²) in [5, 5.41) is 3.33. The first-order valence-corrected chi connectivity index (χ1v) is 9.42. The van der Waals surface area contributed by atoms with Gasteiger partial charge in [0.05, 0.1) is 0 Å². The predicted octanol–water partition coefficient (Wildman–Crippen LogP) is 4.15. The Morgan fingerprint density at radius 3 is 2.64 bits per heavy atom. The molecule has 1 aromatic heterocycles. The van der Waals surface area contributed by atoms with Crippen LogP contribution in [0.2, 0.25) is 5.02 Å². The number of aryl methyl sites for hydroxylation is 1. The average Bonchev–Trinajstić information content (AvgIpc) is 3.13. The van der Waals surface area contributed by atoms with Crippen molar-refractivity contribution < 1.29 is 14.0 Å². The maximum absolute atomic E-state index is 12.9. The molecule has 6 heteroatoms. The Hall–Kier alpha value is -3.05. The second kappa shape index (κ2) is 7.52. The highest BCUT2D eigenvalue weighted by atomic mass is 35.5. The summed E-state index contributed by atoms with van der Waals surface area (Å²) in [4.78, 5) is 26.1.